The van der Waals surface area contributed by atoms with Crippen molar-refractivity contribution in [2.24, 2.45) is 0 Å². The Morgan fingerprint density at radius 3 is 2.38 bits per heavy atom. The normalized spacial score (nSPS) is 11.4. The summed E-state index contributed by atoms with van der Waals surface area (Å²) in [7, 11) is -3.79. The molecule has 0 aliphatic heterocycles. The van der Waals surface area contributed by atoms with Crippen LogP contribution in [0.2, 0.25) is 10.3 Å². The maximum Gasteiger partial charge on any atom is 0.262 e. The van der Waals surface area contributed by atoms with Gasteiger partial charge in [-0.15, -0.1) is 0 Å². The summed E-state index contributed by atoms with van der Waals surface area (Å²) in [4.78, 5) is 3.96. The standard InChI is InChI=1S/C13H13Cl2N3O2S/c1-7-5-9(16)3-4-10(7)21(19,20)18-12-8(2)6-11(14)17-13(12)15/h3-6,18H,16H2,1-2H3. The third-order valence-electron chi connectivity index (χ3n) is 2.87. The molecule has 0 fully saturated rings. The van der Waals surface area contributed by atoms with E-state index < -0.39 is 10.0 Å². The van der Waals surface area contributed by atoms with Gasteiger partial charge in [-0.1, -0.05) is 23.2 Å². The largest absolute Gasteiger partial charge is 0.399 e. The summed E-state index contributed by atoms with van der Waals surface area (Å²) >= 11 is 11.7. The second-order valence-corrected chi connectivity index (χ2v) is 6.95. The number of nitrogen functional groups attached to an aromatic ring is 1. The second-order valence-electron chi connectivity index (χ2n) is 4.56. The number of nitrogens with one attached hydrogen (secondary N) is 1. The summed E-state index contributed by atoms with van der Waals surface area (Å²) in [5.41, 5.74) is 7.45. The van der Waals surface area contributed by atoms with E-state index in [-0.39, 0.29) is 20.9 Å². The lowest BCUT2D eigenvalue weighted by atomic mass is 10.2. The van der Waals surface area contributed by atoms with E-state index in [1.807, 2.05) is 0 Å². The highest BCUT2D eigenvalue weighted by molar-refractivity contribution is 7.92. The predicted molar refractivity (Wildman–Crippen MR) is 85.4 cm³/mol. The van der Waals surface area contributed by atoms with Gasteiger partial charge >= 0.3 is 0 Å². The minimum atomic E-state index is -3.79. The monoisotopic (exact) mass is 345 g/mol. The minimum absolute atomic E-state index is 0.00308. The molecule has 0 unspecified atom stereocenters. The Balaban J connectivity index is 2.47. The number of nitrogens with two attached hydrogens (primary N) is 1. The number of anilines is 2. The number of hydrogen-bond donors (Lipinski definition) is 2. The highest BCUT2D eigenvalue weighted by Crippen LogP contribution is 2.29. The molecular weight excluding hydrogens is 333 g/mol. The summed E-state index contributed by atoms with van der Waals surface area (Å²) in [5, 5.41) is 0.195. The molecule has 112 valence electrons. The van der Waals surface area contributed by atoms with Crippen molar-refractivity contribution in [3.05, 3.63) is 45.7 Å². The second kappa shape index (κ2) is 5.71. The van der Waals surface area contributed by atoms with E-state index in [0.29, 0.717) is 16.8 Å². The molecule has 21 heavy (non-hydrogen) atoms. The molecule has 0 spiro atoms. The van der Waals surface area contributed by atoms with E-state index in [4.69, 9.17) is 28.9 Å². The van der Waals surface area contributed by atoms with Crippen molar-refractivity contribution >= 4 is 44.6 Å². The number of aryl methyl sites for hydroxylation is 2. The van der Waals surface area contributed by atoms with Crippen LogP contribution in [0, 0.1) is 13.8 Å². The van der Waals surface area contributed by atoms with Crippen molar-refractivity contribution in [3.63, 3.8) is 0 Å². The lowest BCUT2D eigenvalue weighted by molar-refractivity contribution is 0.600. The molecule has 1 aromatic heterocycles. The van der Waals surface area contributed by atoms with Crippen molar-refractivity contribution in [1.82, 2.24) is 4.98 Å². The van der Waals surface area contributed by atoms with Crippen molar-refractivity contribution in [2.45, 2.75) is 18.7 Å². The van der Waals surface area contributed by atoms with Crippen LogP contribution in [-0.2, 0) is 10.0 Å². The molecule has 0 radical (unpaired) electrons. The van der Waals surface area contributed by atoms with Gasteiger partial charge < -0.3 is 5.73 Å². The van der Waals surface area contributed by atoms with Gasteiger partial charge in [0.25, 0.3) is 10.0 Å². The third kappa shape index (κ3) is 3.40. The van der Waals surface area contributed by atoms with Gasteiger partial charge in [0.15, 0.2) is 5.15 Å². The van der Waals surface area contributed by atoms with Crippen LogP contribution < -0.4 is 10.5 Å². The Morgan fingerprint density at radius 1 is 1.14 bits per heavy atom. The molecule has 8 heteroatoms. The molecule has 0 aliphatic rings. The van der Waals surface area contributed by atoms with E-state index in [0.717, 1.165) is 0 Å². The van der Waals surface area contributed by atoms with Crippen LogP contribution in [0.15, 0.2) is 29.2 Å². The number of rotatable bonds is 3. The van der Waals surface area contributed by atoms with Crippen LogP contribution in [0.25, 0.3) is 0 Å². The van der Waals surface area contributed by atoms with Crippen molar-refractivity contribution in [3.8, 4) is 0 Å². The van der Waals surface area contributed by atoms with Crippen LogP contribution in [0.5, 0.6) is 0 Å². The molecule has 1 heterocycles. The van der Waals surface area contributed by atoms with E-state index in [1.165, 1.54) is 18.2 Å². The first-order chi connectivity index (χ1) is 9.70. The molecule has 2 rings (SSSR count). The number of nitrogens with zero attached hydrogens (tertiary/aromatic N) is 1. The van der Waals surface area contributed by atoms with Crippen molar-refractivity contribution < 1.29 is 8.42 Å². The van der Waals surface area contributed by atoms with Gasteiger partial charge in [-0.05, 0) is 49.2 Å². The number of sulfonamides is 1. The maximum atomic E-state index is 12.5. The fourth-order valence-corrected chi connectivity index (χ4v) is 3.88. The summed E-state index contributed by atoms with van der Waals surface area (Å²) < 4.78 is 27.3. The van der Waals surface area contributed by atoms with Crippen LogP contribution in [0.1, 0.15) is 11.1 Å². The lowest BCUT2D eigenvalue weighted by Crippen LogP contribution is -2.16. The molecule has 0 aliphatic carbocycles. The van der Waals surface area contributed by atoms with Crippen molar-refractivity contribution in [2.75, 3.05) is 10.5 Å². The van der Waals surface area contributed by atoms with Gasteiger partial charge in [0.05, 0.1) is 10.6 Å². The molecule has 0 bridgehead atoms. The first-order valence-corrected chi connectivity index (χ1v) is 8.16. The zero-order chi connectivity index (χ0) is 15.8. The number of pyridine rings is 1. The molecule has 0 atom stereocenters. The van der Waals surface area contributed by atoms with Gasteiger partial charge in [0.2, 0.25) is 0 Å². The van der Waals surface area contributed by atoms with Gasteiger partial charge in [-0.25, -0.2) is 13.4 Å². The average Bonchev–Trinajstić information content (AvgIpc) is 2.33. The van der Waals surface area contributed by atoms with Gasteiger partial charge in [0.1, 0.15) is 5.15 Å². The van der Waals surface area contributed by atoms with Gasteiger partial charge in [-0.3, -0.25) is 4.72 Å². The zero-order valence-corrected chi connectivity index (χ0v) is 13.6. The molecule has 1 aromatic carbocycles. The molecule has 2 aromatic rings. The Labute approximate surface area is 133 Å². The van der Waals surface area contributed by atoms with Gasteiger partial charge in [0, 0.05) is 5.69 Å². The van der Waals surface area contributed by atoms with Crippen molar-refractivity contribution in [1.29, 1.82) is 0 Å². The van der Waals surface area contributed by atoms with Gasteiger partial charge in [-0.2, -0.15) is 0 Å². The quantitative estimate of drug-likeness (QED) is 0.659. The van der Waals surface area contributed by atoms with Crippen LogP contribution in [0.3, 0.4) is 0 Å². The predicted octanol–water partition coefficient (Wildman–Crippen LogP) is 3.39. The first kappa shape index (κ1) is 15.9. The van der Waals surface area contributed by atoms with E-state index >= 15 is 0 Å². The molecule has 0 saturated heterocycles. The van der Waals surface area contributed by atoms with Crippen LogP contribution in [0.4, 0.5) is 11.4 Å². The molecule has 0 amide bonds. The Bertz CT molecular complexity index is 784. The summed E-state index contributed by atoms with van der Waals surface area (Å²) in [6.07, 6.45) is 0. The highest BCUT2D eigenvalue weighted by atomic mass is 35.5. The molecule has 5 nitrogen and oxygen atoms in total. The molecule has 0 saturated carbocycles. The molecule has 3 N–H and O–H groups in total. The lowest BCUT2D eigenvalue weighted by Gasteiger charge is -2.13. The third-order valence-corrected chi connectivity index (χ3v) is 4.84. The summed E-state index contributed by atoms with van der Waals surface area (Å²) in [6.45, 7) is 3.35. The smallest absolute Gasteiger partial charge is 0.262 e. The Morgan fingerprint density at radius 2 is 1.81 bits per heavy atom. The fraction of sp³-hybridized carbons (Fsp3) is 0.154. The average molecular weight is 346 g/mol. The zero-order valence-electron chi connectivity index (χ0n) is 11.3. The topological polar surface area (TPSA) is 85.1 Å². The van der Waals surface area contributed by atoms with E-state index in [1.54, 1.807) is 19.9 Å². The number of benzene rings is 1. The maximum absolute atomic E-state index is 12.5. The van der Waals surface area contributed by atoms with Crippen LogP contribution >= 0.6 is 23.2 Å². The number of hydrogen-bond acceptors (Lipinski definition) is 4. The fourth-order valence-electron chi connectivity index (χ4n) is 1.88. The summed E-state index contributed by atoms with van der Waals surface area (Å²) in [5.74, 6) is 0. The summed E-state index contributed by atoms with van der Waals surface area (Å²) in [6, 6.07) is 6.08. The Kier molecular flexibility index (Phi) is 4.32. The Hall–Kier alpha value is -1.50. The van der Waals surface area contributed by atoms with E-state index in [2.05, 4.69) is 9.71 Å². The highest BCUT2D eigenvalue weighted by Gasteiger charge is 2.20. The van der Waals surface area contributed by atoms with Crippen LogP contribution in [-0.4, -0.2) is 13.4 Å². The van der Waals surface area contributed by atoms with E-state index in [9.17, 15) is 8.42 Å². The molecular formula is C13H13Cl2N3O2S. The first-order valence-electron chi connectivity index (χ1n) is 5.92. The number of halogens is 2. The minimum Gasteiger partial charge on any atom is -0.399 e. The SMILES string of the molecule is Cc1cc(N)ccc1S(=O)(=O)Nc1c(C)cc(Cl)nc1Cl. The number of aromatic nitrogens is 1.